The standard InChI is InChI=1S/C19H25F2N5S/c1-12-18(27-13(2)25-12)10-24-19(22-3)23-9-14-6-7-26(11-14)15-4-5-16(20)17(21)8-15/h4-5,8,14H,6-7,9-11H2,1-3H3,(H2,22,23,24). The zero-order valence-electron chi connectivity index (χ0n) is 15.9. The van der Waals surface area contributed by atoms with E-state index in [1.54, 1.807) is 24.5 Å². The molecule has 5 nitrogen and oxygen atoms in total. The lowest BCUT2D eigenvalue weighted by atomic mass is 10.1. The number of nitrogens with zero attached hydrogens (tertiary/aromatic N) is 3. The van der Waals surface area contributed by atoms with E-state index in [1.807, 2.05) is 13.8 Å². The lowest BCUT2D eigenvalue weighted by molar-refractivity contribution is 0.508. The molecule has 0 aliphatic carbocycles. The van der Waals surface area contributed by atoms with E-state index in [2.05, 4.69) is 25.5 Å². The average molecular weight is 394 g/mol. The Kier molecular flexibility index (Phi) is 6.26. The van der Waals surface area contributed by atoms with Gasteiger partial charge in [0.25, 0.3) is 0 Å². The number of guanidine groups is 1. The fraction of sp³-hybridized carbons (Fsp3) is 0.474. The summed E-state index contributed by atoms with van der Waals surface area (Å²) in [5.74, 6) is -0.430. The molecule has 146 valence electrons. The minimum atomic E-state index is -0.808. The first kappa shape index (κ1) is 19.5. The summed E-state index contributed by atoms with van der Waals surface area (Å²) in [6.07, 6.45) is 0.996. The molecule has 1 aliphatic heterocycles. The van der Waals surface area contributed by atoms with Crippen molar-refractivity contribution in [1.82, 2.24) is 15.6 Å². The van der Waals surface area contributed by atoms with Crippen LogP contribution in [0.5, 0.6) is 0 Å². The van der Waals surface area contributed by atoms with Gasteiger partial charge in [0.05, 0.1) is 17.2 Å². The maximum absolute atomic E-state index is 13.4. The van der Waals surface area contributed by atoms with Gasteiger partial charge in [-0.05, 0) is 38.3 Å². The molecule has 2 aromatic rings. The van der Waals surface area contributed by atoms with Crippen molar-refractivity contribution in [1.29, 1.82) is 0 Å². The van der Waals surface area contributed by atoms with Crippen LogP contribution in [0.15, 0.2) is 23.2 Å². The SMILES string of the molecule is CN=C(NCc1sc(C)nc1C)NCC1CCN(c2ccc(F)c(F)c2)C1. The number of thiazole rings is 1. The van der Waals surface area contributed by atoms with E-state index in [9.17, 15) is 8.78 Å². The zero-order valence-corrected chi connectivity index (χ0v) is 16.7. The number of hydrogen-bond acceptors (Lipinski definition) is 4. The highest BCUT2D eigenvalue weighted by Gasteiger charge is 2.23. The van der Waals surface area contributed by atoms with Crippen LogP contribution in [0.1, 0.15) is 22.0 Å². The van der Waals surface area contributed by atoms with Crippen molar-refractivity contribution in [2.45, 2.75) is 26.8 Å². The van der Waals surface area contributed by atoms with Crippen LogP contribution in [0.3, 0.4) is 0 Å². The Bertz CT molecular complexity index is 820. The average Bonchev–Trinajstić information content (AvgIpc) is 3.24. The van der Waals surface area contributed by atoms with Gasteiger partial charge in [-0.2, -0.15) is 0 Å². The van der Waals surface area contributed by atoms with Gasteiger partial charge >= 0.3 is 0 Å². The molecule has 1 saturated heterocycles. The van der Waals surface area contributed by atoms with Gasteiger partial charge in [0, 0.05) is 43.3 Å². The van der Waals surface area contributed by atoms with Gasteiger partial charge in [0.15, 0.2) is 17.6 Å². The van der Waals surface area contributed by atoms with Crippen molar-refractivity contribution in [3.8, 4) is 0 Å². The van der Waals surface area contributed by atoms with Crippen LogP contribution in [-0.4, -0.2) is 37.6 Å². The number of rotatable bonds is 5. The molecule has 0 amide bonds. The summed E-state index contributed by atoms with van der Waals surface area (Å²) < 4.78 is 26.5. The third-order valence-electron chi connectivity index (χ3n) is 4.75. The monoisotopic (exact) mass is 393 g/mol. The number of halogens is 2. The number of aliphatic imine (C=N–C) groups is 1. The van der Waals surface area contributed by atoms with Crippen molar-refractivity contribution in [2.75, 3.05) is 31.6 Å². The molecule has 1 atom stereocenters. The van der Waals surface area contributed by atoms with E-state index in [0.29, 0.717) is 12.5 Å². The molecule has 1 unspecified atom stereocenters. The number of aryl methyl sites for hydroxylation is 2. The molecular weight excluding hydrogens is 368 g/mol. The van der Waals surface area contributed by atoms with Crippen LogP contribution in [-0.2, 0) is 6.54 Å². The first-order chi connectivity index (χ1) is 13.0. The van der Waals surface area contributed by atoms with Crippen LogP contribution < -0.4 is 15.5 Å². The fourth-order valence-electron chi connectivity index (χ4n) is 3.28. The van der Waals surface area contributed by atoms with Gasteiger partial charge < -0.3 is 15.5 Å². The van der Waals surface area contributed by atoms with Crippen LogP contribution in [0.4, 0.5) is 14.5 Å². The van der Waals surface area contributed by atoms with Gasteiger partial charge in [-0.15, -0.1) is 11.3 Å². The first-order valence-corrected chi connectivity index (χ1v) is 9.85. The van der Waals surface area contributed by atoms with Gasteiger partial charge in [-0.3, -0.25) is 4.99 Å². The zero-order chi connectivity index (χ0) is 19.4. The van der Waals surface area contributed by atoms with E-state index in [0.717, 1.165) is 48.4 Å². The molecule has 2 N–H and O–H groups in total. The van der Waals surface area contributed by atoms with Gasteiger partial charge in [0.2, 0.25) is 0 Å². The Labute approximate surface area is 162 Å². The number of hydrogen-bond donors (Lipinski definition) is 2. The second-order valence-electron chi connectivity index (χ2n) is 6.75. The molecule has 1 aromatic heterocycles. The van der Waals surface area contributed by atoms with E-state index < -0.39 is 11.6 Å². The van der Waals surface area contributed by atoms with Crippen molar-refractivity contribution in [3.63, 3.8) is 0 Å². The van der Waals surface area contributed by atoms with E-state index >= 15 is 0 Å². The topological polar surface area (TPSA) is 52.6 Å². The van der Waals surface area contributed by atoms with E-state index in [4.69, 9.17) is 0 Å². The third-order valence-corrected chi connectivity index (χ3v) is 5.82. The molecular formula is C19H25F2N5S. The maximum Gasteiger partial charge on any atom is 0.191 e. The second-order valence-corrected chi connectivity index (χ2v) is 8.04. The predicted molar refractivity (Wildman–Crippen MR) is 106 cm³/mol. The molecule has 1 aliphatic rings. The highest BCUT2D eigenvalue weighted by molar-refractivity contribution is 7.11. The maximum atomic E-state index is 13.4. The first-order valence-electron chi connectivity index (χ1n) is 9.03. The number of nitrogens with one attached hydrogen (secondary N) is 2. The summed E-state index contributed by atoms with van der Waals surface area (Å²) >= 11 is 1.69. The lowest BCUT2D eigenvalue weighted by Crippen LogP contribution is -2.39. The smallest absolute Gasteiger partial charge is 0.191 e. The predicted octanol–water partition coefficient (Wildman–Crippen LogP) is 3.23. The largest absolute Gasteiger partial charge is 0.371 e. The lowest BCUT2D eigenvalue weighted by Gasteiger charge is -2.19. The van der Waals surface area contributed by atoms with Crippen LogP contribution in [0.25, 0.3) is 0 Å². The highest BCUT2D eigenvalue weighted by atomic mass is 32.1. The molecule has 3 rings (SSSR count). The quantitative estimate of drug-likeness (QED) is 0.605. The van der Waals surface area contributed by atoms with Crippen molar-refractivity contribution in [2.24, 2.45) is 10.9 Å². The third kappa shape index (κ3) is 4.94. The summed E-state index contributed by atoms with van der Waals surface area (Å²) in [5.41, 5.74) is 1.79. The van der Waals surface area contributed by atoms with Crippen LogP contribution in [0, 0.1) is 31.4 Å². The molecule has 0 bridgehead atoms. The summed E-state index contributed by atoms with van der Waals surface area (Å²) in [6, 6.07) is 4.09. The number of benzene rings is 1. The Morgan fingerprint density at radius 1 is 1.30 bits per heavy atom. The Morgan fingerprint density at radius 3 is 2.78 bits per heavy atom. The van der Waals surface area contributed by atoms with Crippen LogP contribution in [0.2, 0.25) is 0 Å². The molecule has 0 radical (unpaired) electrons. The van der Waals surface area contributed by atoms with Gasteiger partial charge in [-0.25, -0.2) is 13.8 Å². The molecule has 8 heteroatoms. The molecule has 2 heterocycles. The summed E-state index contributed by atoms with van der Waals surface area (Å²) in [6.45, 7) is 7.14. The molecule has 0 spiro atoms. The Hall–Kier alpha value is -2.22. The Morgan fingerprint density at radius 2 is 2.11 bits per heavy atom. The van der Waals surface area contributed by atoms with Gasteiger partial charge in [-0.1, -0.05) is 0 Å². The van der Waals surface area contributed by atoms with E-state index in [1.165, 1.54) is 17.0 Å². The van der Waals surface area contributed by atoms with E-state index in [-0.39, 0.29) is 0 Å². The second kappa shape index (κ2) is 8.65. The molecule has 1 aromatic carbocycles. The van der Waals surface area contributed by atoms with Gasteiger partial charge in [0.1, 0.15) is 0 Å². The highest BCUT2D eigenvalue weighted by Crippen LogP contribution is 2.25. The number of anilines is 1. The summed E-state index contributed by atoms with van der Waals surface area (Å²) in [5, 5.41) is 7.75. The van der Waals surface area contributed by atoms with Crippen molar-refractivity contribution < 1.29 is 8.78 Å². The molecule has 0 saturated carbocycles. The fourth-order valence-corrected chi connectivity index (χ4v) is 4.16. The Balaban J connectivity index is 1.47. The van der Waals surface area contributed by atoms with Crippen molar-refractivity contribution >= 4 is 23.0 Å². The normalized spacial score (nSPS) is 17.4. The minimum absolute atomic E-state index is 0.420. The van der Waals surface area contributed by atoms with Crippen LogP contribution >= 0.6 is 11.3 Å². The molecule has 27 heavy (non-hydrogen) atoms. The number of aromatic nitrogens is 1. The summed E-state index contributed by atoms with van der Waals surface area (Å²) in [7, 11) is 1.75. The minimum Gasteiger partial charge on any atom is -0.371 e. The van der Waals surface area contributed by atoms with Crippen molar-refractivity contribution in [3.05, 3.63) is 45.4 Å². The molecule has 1 fully saturated rings. The summed E-state index contributed by atoms with van der Waals surface area (Å²) in [4.78, 5) is 12.0.